The van der Waals surface area contributed by atoms with E-state index in [2.05, 4.69) is 0 Å². The molecule has 40 heavy (non-hydrogen) atoms. The van der Waals surface area contributed by atoms with Gasteiger partial charge in [0.1, 0.15) is 0 Å². The molecule has 1 aromatic rings. The highest BCUT2D eigenvalue weighted by atomic mass is 16.5. The Kier molecular flexibility index (Phi) is 13.5. The number of rotatable bonds is 10. The number of nitrogens with zero attached hydrogens (tertiary/aromatic N) is 2. The van der Waals surface area contributed by atoms with Crippen molar-refractivity contribution in [1.29, 1.82) is 0 Å². The van der Waals surface area contributed by atoms with E-state index in [1.807, 2.05) is 34.1 Å². The van der Waals surface area contributed by atoms with Crippen LogP contribution in [0.4, 0.5) is 0 Å². The van der Waals surface area contributed by atoms with Gasteiger partial charge < -0.3 is 48.7 Å². The summed E-state index contributed by atoms with van der Waals surface area (Å²) in [5.41, 5.74) is 0.814. The highest BCUT2D eigenvalue weighted by Gasteiger charge is 2.27. The summed E-state index contributed by atoms with van der Waals surface area (Å²) in [7, 11) is 4.71. The fraction of sp³-hybridized carbons (Fsp3) is 0.481. The molecule has 1 aromatic carbocycles. The molecule has 0 aliphatic carbocycles. The first-order valence-corrected chi connectivity index (χ1v) is 12.7. The van der Waals surface area contributed by atoms with Gasteiger partial charge in [-0.2, -0.15) is 0 Å². The van der Waals surface area contributed by atoms with Gasteiger partial charge in [0, 0.05) is 31.1 Å². The quantitative estimate of drug-likeness (QED) is 0.307. The predicted octanol–water partition coefficient (Wildman–Crippen LogP) is -1.92. The smallest absolute Gasteiger partial charge is 0.328 e. The lowest BCUT2D eigenvalue weighted by molar-refractivity contribution is -0.896. The van der Waals surface area contributed by atoms with E-state index < -0.39 is 11.9 Å². The summed E-state index contributed by atoms with van der Waals surface area (Å²) >= 11 is 0. The van der Waals surface area contributed by atoms with Crippen molar-refractivity contribution >= 4 is 29.8 Å². The van der Waals surface area contributed by atoms with Crippen molar-refractivity contribution < 1.29 is 53.2 Å². The van der Waals surface area contributed by atoms with E-state index in [1.165, 1.54) is 4.90 Å². The summed E-state index contributed by atoms with van der Waals surface area (Å²) in [6.45, 7) is 5.97. The number of quaternary nitrogens is 1. The number of morpholine rings is 1. The van der Waals surface area contributed by atoms with Crippen LogP contribution in [0.1, 0.15) is 12.0 Å². The molecule has 0 bridgehead atoms. The zero-order valence-corrected chi connectivity index (χ0v) is 23.1. The summed E-state index contributed by atoms with van der Waals surface area (Å²) in [5.74, 6) is -0.868. The molecule has 0 spiro atoms. The number of aliphatic carboxylic acids is 2. The zero-order chi connectivity index (χ0) is 29.5. The van der Waals surface area contributed by atoms with Gasteiger partial charge in [-0.15, -0.1) is 0 Å². The number of hydrogen-bond acceptors (Lipinski definition) is 9. The van der Waals surface area contributed by atoms with Gasteiger partial charge in [-0.3, -0.25) is 9.59 Å². The van der Waals surface area contributed by atoms with Gasteiger partial charge >= 0.3 is 5.97 Å². The normalized spacial score (nSPS) is 15.9. The Hall–Kier alpha value is -4.10. The largest absolute Gasteiger partial charge is 0.545 e. The van der Waals surface area contributed by atoms with Crippen LogP contribution in [0, 0.1) is 0 Å². The number of ether oxygens (including phenoxy) is 4. The minimum Gasteiger partial charge on any atom is -0.545 e. The monoisotopic (exact) mass is 563 g/mol. The molecule has 0 unspecified atom stereocenters. The van der Waals surface area contributed by atoms with E-state index in [1.54, 1.807) is 21.3 Å². The molecular weight excluding hydrogens is 526 g/mol. The lowest BCUT2D eigenvalue weighted by atomic mass is 10.1. The van der Waals surface area contributed by atoms with Crippen LogP contribution in [0.2, 0.25) is 0 Å². The van der Waals surface area contributed by atoms with Crippen LogP contribution in [-0.2, 0) is 23.9 Å². The van der Waals surface area contributed by atoms with Crippen LogP contribution in [0.25, 0.3) is 6.08 Å². The van der Waals surface area contributed by atoms with Gasteiger partial charge in [0.15, 0.2) is 18.0 Å². The second-order valence-electron chi connectivity index (χ2n) is 8.82. The minimum absolute atomic E-state index is 0.0826. The molecule has 2 fully saturated rings. The fourth-order valence-electron chi connectivity index (χ4n) is 4.20. The minimum atomic E-state index is -1.51. The number of piperazine rings is 1. The first-order valence-electron chi connectivity index (χ1n) is 12.7. The molecule has 2 N–H and O–H groups in total. The standard InChI is InChI=1S/C23H33N3O6.C4H4O4/c1-29-19-8-7-18(22(30-2)23(19)31-3)5-4-6-20(27)25-11-9-24(10-12-25)17-21(28)26-13-15-32-16-14-26;5-3(6)1-2-4(7)8/h4-5,7-8H,6,9-17H2,1-3H3;1-2H,(H,5,6)(H,7,8)/b5-4+;2-1-. The lowest BCUT2D eigenvalue weighted by Crippen LogP contribution is -3.15. The molecule has 13 nitrogen and oxygen atoms in total. The number of amides is 2. The summed E-state index contributed by atoms with van der Waals surface area (Å²) in [6, 6.07) is 3.68. The number of benzene rings is 1. The topological polar surface area (TPSA) is 159 Å². The van der Waals surface area contributed by atoms with Crippen molar-refractivity contribution in [2.75, 3.05) is 80.4 Å². The predicted molar refractivity (Wildman–Crippen MR) is 141 cm³/mol. The number of carbonyl (C=O) groups excluding carboxylic acids is 3. The van der Waals surface area contributed by atoms with Crippen LogP contribution in [0.3, 0.4) is 0 Å². The van der Waals surface area contributed by atoms with Crippen molar-refractivity contribution in [3.8, 4) is 17.2 Å². The number of nitrogens with one attached hydrogen (secondary N) is 1. The second-order valence-corrected chi connectivity index (χ2v) is 8.82. The summed E-state index contributed by atoms with van der Waals surface area (Å²) in [5, 5.41) is 17.2. The van der Waals surface area contributed by atoms with Crippen molar-refractivity contribution in [3.05, 3.63) is 35.9 Å². The molecule has 0 aromatic heterocycles. The van der Waals surface area contributed by atoms with Crippen molar-refractivity contribution in [2.24, 2.45) is 0 Å². The summed E-state index contributed by atoms with van der Waals surface area (Å²) < 4.78 is 21.5. The van der Waals surface area contributed by atoms with E-state index in [0.717, 1.165) is 18.7 Å². The molecule has 0 radical (unpaired) electrons. The second kappa shape index (κ2) is 16.8. The third kappa shape index (κ3) is 10.2. The summed E-state index contributed by atoms with van der Waals surface area (Å²) in [4.78, 5) is 49.0. The van der Waals surface area contributed by atoms with E-state index in [0.29, 0.717) is 81.8 Å². The van der Waals surface area contributed by atoms with E-state index in [4.69, 9.17) is 24.1 Å². The summed E-state index contributed by atoms with van der Waals surface area (Å²) in [6.07, 6.45) is 4.95. The van der Waals surface area contributed by atoms with Crippen molar-refractivity contribution in [1.82, 2.24) is 9.80 Å². The van der Waals surface area contributed by atoms with Crippen LogP contribution in [0.5, 0.6) is 17.2 Å². The Balaban J connectivity index is 0.000000611. The lowest BCUT2D eigenvalue weighted by Gasteiger charge is -2.33. The maximum absolute atomic E-state index is 12.6. The molecule has 220 valence electrons. The number of carboxylic acid groups (broad SMARTS) is 2. The van der Waals surface area contributed by atoms with Gasteiger partial charge in [-0.25, -0.2) is 4.79 Å². The maximum Gasteiger partial charge on any atom is 0.328 e. The van der Waals surface area contributed by atoms with Crippen molar-refractivity contribution in [2.45, 2.75) is 6.42 Å². The third-order valence-corrected chi connectivity index (χ3v) is 6.27. The van der Waals surface area contributed by atoms with E-state index in [-0.39, 0.29) is 11.8 Å². The van der Waals surface area contributed by atoms with Crippen molar-refractivity contribution in [3.63, 3.8) is 0 Å². The van der Waals surface area contributed by atoms with Gasteiger partial charge in [0.05, 0.1) is 66.7 Å². The highest BCUT2D eigenvalue weighted by molar-refractivity contribution is 5.88. The van der Waals surface area contributed by atoms with E-state index in [9.17, 15) is 24.3 Å². The van der Waals surface area contributed by atoms with Gasteiger partial charge in [-0.1, -0.05) is 12.2 Å². The van der Waals surface area contributed by atoms with Gasteiger partial charge in [0.25, 0.3) is 5.91 Å². The SMILES string of the molecule is COc1ccc(/C=C/CC(=O)N2CC[NH+](CC(=O)N3CCOCC3)CC2)c(OC)c1OC.O=C([O-])/C=C\C(=O)O. The van der Waals surface area contributed by atoms with Gasteiger partial charge in [0.2, 0.25) is 11.7 Å². The van der Waals surface area contributed by atoms with Gasteiger partial charge in [-0.05, 0) is 18.2 Å². The number of methoxy groups -OCH3 is 3. The van der Waals surface area contributed by atoms with Crippen LogP contribution >= 0.6 is 0 Å². The molecule has 3 rings (SSSR count). The maximum atomic E-state index is 12.6. The average molecular weight is 564 g/mol. The number of carboxylic acids is 2. The molecule has 0 atom stereocenters. The Bertz CT molecular complexity index is 1060. The number of carbonyl (C=O) groups is 4. The number of hydrogen-bond donors (Lipinski definition) is 2. The Morgan fingerprint density at radius 3 is 2.08 bits per heavy atom. The fourth-order valence-corrected chi connectivity index (χ4v) is 4.20. The average Bonchev–Trinajstić information content (AvgIpc) is 2.96. The first-order chi connectivity index (χ1) is 19.2. The molecule has 2 aliphatic rings. The molecule has 0 saturated carbocycles. The molecular formula is C27H37N3O10. The Morgan fingerprint density at radius 1 is 0.925 bits per heavy atom. The van der Waals surface area contributed by atoms with Crippen LogP contribution in [-0.4, -0.2) is 119 Å². The molecule has 2 heterocycles. The Morgan fingerprint density at radius 2 is 1.55 bits per heavy atom. The molecule has 13 heteroatoms. The highest BCUT2D eigenvalue weighted by Crippen LogP contribution is 2.40. The third-order valence-electron chi connectivity index (χ3n) is 6.27. The molecule has 2 amide bonds. The molecule has 2 saturated heterocycles. The van der Waals surface area contributed by atoms with Crippen LogP contribution < -0.4 is 24.2 Å². The van der Waals surface area contributed by atoms with Crippen LogP contribution in [0.15, 0.2) is 30.4 Å². The van der Waals surface area contributed by atoms with E-state index >= 15 is 0 Å². The zero-order valence-electron chi connectivity index (χ0n) is 23.1. The molecule has 2 aliphatic heterocycles. The Labute approximate surface area is 233 Å². The first kappa shape index (κ1) is 32.1.